The number of ketones is 2. The van der Waals surface area contributed by atoms with Crippen molar-refractivity contribution in [2.75, 3.05) is 26.3 Å². The number of hydrogen-bond acceptors (Lipinski definition) is 6. The van der Waals surface area contributed by atoms with Gasteiger partial charge in [0.05, 0.1) is 18.6 Å². The minimum Gasteiger partial charge on any atom is -0.493 e. The summed E-state index contributed by atoms with van der Waals surface area (Å²) in [5.41, 5.74) is 14.0. The van der Waals surface area contributed by atoms with Crippen molar-refractivity contribution < 1.29 is 19.1 Å². The predicted octanol–water partition coefficient (Wildman–Crippen LogP) is 4.51. The van der Waals surface area contributed by atoms with Crippen LogP contribution in [0.15, 0.2) is 109 Å². The molecule has 0 spiro atoms. The number of carbonyl (C=O) groups is 2. The number of rotatable bonds is 12. The monoisotopic (exact) mass is 494 g/mol. The van der Waals surface area contributed by atoms with E-state index in [4.69, 9.17) is 20.9 Å². The lowest BCUT2D eigenvalue weighted by molar-refractivity contribution is 0.0922. The largest absolute Gasteiger partial charge is 0.493 e. The Labute approximate surface area is 216 Å². The molecule has 6 heteroatoms. The molecule has 0 aliphatic carbocycles. The van der Waals surface area contributed by atoms with Crippen molar-refractivity contribution in [3.8, 4) is 11.5 Å². The van der Waals surface area contributed by atoms with Gasteiger partial charge in [0.1, 0.15) is 11.5 Å². The van der Waals surface area contributed by atoms with Crippen LogP contribution in [0.2, 0.25) is 0 Å². The van der Waals surface area contributed by atoms with E-state index in [9.17, 15) is 9.59 Å². The second kappa shape index (κ2) is 12.1. The molecule has 0 radical (unpaired) electrons. The molecule has 0 fully saturated rings. The summed E-state index contributed by atoms with van der Waals surface area (Å²) in [5, 5.41) is 0. The van der Waals surface area contributed by atoms with Crippen LogP contribution >= 0.6 is 0 Å². The maximum absolute atomic E-state index is 12.6. The van der Waals surface area contributed by atoms with Gasteiger partial charge in [-0.25, -0.2) is 0 Å². The van der Waals surface area contributed by atoms with Crippen LogP contribution in [0.1, 0.15) is 31.8 Å². The number of hydrogen-bond donors (Lipinski definition) is 2. The molecule has 4 rings (SSSR count). The second-order valence-corrected chi connectivity index (χ2v) is 8.92. The quantitative estimate of drug-likeness (QED) is 0.281. The van der Waals surface area contributed by atoms with Crippen molar-refractivity contribution in [3.05, 3.63) is 131 Å². The summed E-state index contributed by atoms with van der Waals surface area (Å²) in [6.45, 7) is 1.02. The summed E-state index contributed by atoms with van der Waals surface area (Å²) in [4.78, 5) is 25.2. The Morgan fingerprint density at radius 3 is 1.16 bits per heavy atom. The number of carbonyl (C=O) groups excluding carboxylic acids is 2. The van der Waals surface area contributed by atoms with E-state index < -0.39 is 5.41 Å². The van der Waals surface area contributed by atoms with Crippen molar-refractivity contribution >= 4 is 11.6 Å². The molecule has 188 valence electrons. The maximum Gasteiger partial charge on any atom is 0.193 e. The van der Waals surface area contributed by atoms with Crippen LogP contribution in [0, 0.1) is 5.41 Å². The molecule has 0 aromatic heterocycles. The molecule has 0 unspecified atom stereocenters. The fraction of sp³-hybridized carbons (Fsp3) is 0.161. The van der Waals surface area contributed by atoms with Gasteiger partial charge in [0.2, 0.25) is 0 Å². The molecule has 4 aromatic carbocycles. The smallest absolute Gasteiger partial charge is 0.193 e. The van der Waals surface area contributed by atoms with Crippen molar-refractivity contribution in [2.24, 2.45) is 16.9 Å². The minimum atomic E-state index is -0.614. The van der Waals surface area contributed by atoms with E-state index in [0.29, 0.717) is 33.8 Å². The Morgan fingerprint density at radius 1 is 0.514 bits per heavy atom. The zero-order valence-corrected chi connectivity index (χ0v) is 20.5. The number of benzene rings is 4. The predicted molar refractivity (Wildman–Crippen MR) is 144 cm³/mol. The van der Waals surface area contributed by atoms with Crippen LogP contribution < -0.4 is 20.9 Å². The summed E-state index contributed by atoms with van der Waals surface area (Å²) in [5.74, 6) is 1.13. The van der Waals surface area contributed by atoms with E-state index in [0.717, 1.165) is 0 Å². The second-order valence-electron chi connectivity index (χ2n) is 8.92. The molecule has 0 heterocycles. The lowest BCUT2D eigenvalue weighted by atomic mass is 9.90. The van der Waals surface area contributed by atoms with Crippen LogP contribution in [-0.2, 0) is 0 Å². The molecule has 37 heavy (non-hydrogen) atoms. The van der Waals surface area contributed by atoms with Gasteiger partial charge in [-0.15, -0.1) is 0 Å². The molecule has 0 bridgehead atoms. The van der Waals surface area contributed by atoms with Gasteiger partial charge < -0.3 is 20.9 Å². The topological polar surface area (TPSA) is 105 Å². The highest BCUT2D eigenvalue weighted by Gasteiger charge is 2.30. The molecular formula is C31H30N2O4. The van der Waals surface area contributed by atoms with Gasteiger partial charge in [0.25, 0.3) is 0 Å². The Bertz CT molecular complexity index is 1200. The summed E-state index contributed by atoms with van der Waals surface area (Å²) < 4.78 is 12.0. The lowest BCUT2D eigenvalue weighted by Gasteiger charge is -2.30. The molecule has 4 aromatic rings. The Hall–Kier alpha value is -4.26. The summed E-state index contributed by atoms with van der Waals surface area (Å²) >= 11 is 0. The highest BCUT2D eigenvalue weighted by atomic mass is 16.5. The normalized spacial score (nSPS) is 11.1. The Morgan fingerprint density at radius 2 is 0.838 bits per heavy atom. The van der Waals surface area contributed by atoms with Crippen molar-refractivity contribution in [3.63, 3.8) is 0 Å². The summed E-state index contributed by atoms with van der Waals surface area (Å²) in [7, 11) is 0. The van der Waals surface area contributed by atoms with Crippen LogP contribution in [-0.4, -0.2) is 37.9 Å². The third kappa shape index (κ3) is 6.50. The SMILES string of the molecule is NCC(CN)(COc1ccc(C(=O)c2ccccc2)cc1)COc1ccc(C(=O)c2ccccc2)cc1. The standard InChI is InChI=1S/C31H30N2O4/c32-19-31(20-33,21-36-27-15-11-25(12-16-27)29(34)23-7-3-1-4-8-23)22-37-28-17-13-26(14-18-28)30(35)24-9-5-2-6-10-24/h1-18H,19-22,32-33H2. The molecule has 0 saturated heterocycles. The number of ether oxygens (including phenoxy) is 2. The molecule has 0 aliphatic rings. The van der Waals surface area contributed by atoms with Gasteiger partial charge >= 0.3 is 0 Å². The molecular weight excluding hydrogens is 464 g/mol. The van der Waals surface area contributed by atoms with Gasteiger partial charge in [-0.3, -0.25) is 9.59 Å². The van der Waals surface area contributed by atoms with E-state index in [1.54, 1.807) is 72.8 Å². The van der Waals surface area contributed by atoms with E-state index in [1.165, 1.54) is 0 Å². The van der Waals surface area contributed by atoms with Gasteiger partial charge in [-0.05, 0) is 48.5 Å². The van der Waals surface area contributed by atoms with Gasteiger partial charge in [-0.2, -0.15) is 0 Å². The minimum absolute atomic E-state index is 0.0460. The van der Waals surface area contributed by atoms with Crippen LogP contribution in [0.4, 0.5) is 0 Å². The van der Waals surface area contributed by atoms with E-state index in [1.807, 2.05) is 36.4 Å². The highest BCUT2D eigenvalue weighted by molar-refractivity contribution is 6.09. The maximum atomic E-state index is 12.6. The first-order valence-electron chi connectivity index (χ1n) is 12.1. The fourth-order valence-corrected chi connectivity index (χ4v) is 3.75. The molecule has 6 nitrogen and oxygen atoms in total. The third-order valence-electron chi connectivity index (χ3n) is 6.26. The highest BCUT2D eigenvalue weighted by Crippen LogP contribution is 2.23. The molecule has 0 atom stereocenters. The summed E-state index contributed by atoms with van der Waals surface area (Å²) in [6, 6.07) is 32.3. The summed E-state index contributed by atoms with van der Waals surface area (Å²) in [6.07, 6.45) is 0. The first-order valence-corrected chi connectivity index (χ1v) is 12.1. The molecule has 0 saturated carbocycles. The van der Waals surface area contributed by atoms with Crippen molar-refractivity contribution in [2.45, 2.75) is 0 Å². The molecule has 0 amide bonds. The van der Waals surface area contributed by atoms with E-state index >= 15 is 0 Å². The first-order chi connectivity index (χ1) is 18.0. The van der Waals surface area contributed by atoms with Gasteiger partial charge in [0, 0.05) is 35.3 Å². The molecule has 4 N–H and O–H groups in total. The molecule has 0 aliphatic heterocycles. The zero-order chi connectivity index (χ0) is 26.1. The zero-order valence-electron chi connectivity index (χ0n) is 20.5. The van der Waals surface area contributed by atoms with Crippen LogP contribution in [0.5, 0.6) is 11.5 Å². The van der Waals surface area contributed by atoms with Crippen LogP contribution in [0.25, 0.3) is 0 Å². The average Bonchev–Trinajstić information content (AvgIpc) is 2.98. The van der Waals surface area contributed by atoms with Gasteiger partial charge in [0.15, 0.2) is 11.6 Å². The average molecular weight is 495 g/mol. The van der Waals surface area contributed by atoms with E-state index in [2.05, 4.69) is 0 Å². The van der Waals surface area contributed by atoms with Crippen LogP contribution in [0.3, 0.4) is 0 Å². The fourth-order valence-electron chi connectivity index (χ4n) is 3.75. The Balaban J connectivity index is 1.35. The number of nitrogens with two attached hydrogens (primary N) is 2. The van der Waals surface area contributed by atoms with Gasteiger partial charge in [-0.1, -0.05) is 60.7 Å². The van der Waals surface area contributed by atoms with Crippen molar-refractivity contribution in [1.82, 2.24) is 0 Å². The first kappa shape index (κ1) is 25.8. The Kier molecular flexibility index (Phi) is 8.46. The van der Waals surface area contributed by atoms with E-state index in [-0.39, 0.29) is 37.9 Å². The van der Waals surface area contributed by atoms with Crippen molar-refractivity contribution in [1.29, 1.82) is 0 Å². The lowest BCUT2D eigenvalue weighted by Crippen LogP contribution is -2.47. The third-order valence-corrected chi connectivity index (χ3v) is 6.26.